The molecule has 0 aromatic heterocycles. The Kier molecular flexibility index (Phi) is 11.5. The molecule has 2 heterocycles. The summed E-state index contributed by atoms with van der Waals surface area (Å²) in [5.41, 5.74) is -0.501. The highest BCUT2D eigenvalue weighted by molar-refractivity contribution is 6.00. The lowest BCUT2D eigenvalue weighted by Crippen LogP contribution is -2.73. The minimum absolute atomic E-state index is 0.0628. The number of carbonyl (C=O) groups excluding carboxylic acids is 4. The molecule has 2 aliphatic heterocycles. The minimum atomic E-state index is -0.945. The number of amides is 4. The zero-order valence-corrected chi connectivity index (χ0v) is 27.1. The number of alkyl carbamates (subject to hydrolysis) is 1. The van der Waals surface area contributed by atoms with E-state index in [9.17, 15) is 19.2 Å². The van der Waals surface area contributed by atoms with Crippen LogP contribution in [0.2, 0.25) is 0 Å². The number of unbranched alkanes of at least 4 members (excludes halogenated alkanes) is 1. The highest BCUT2D eigenvalue weighted by Gasteiger charge is 2.54. The lowest BCUT2D eigenvalue weighted by Gasteiger charge is -2.52. The van der Waals surface area contributed by atoms with Crippen molar-refractivity contribution in [1.29, 1.82) is 0 Å². The van der Waals surface area contributed by atoms with E-state index in [0.717, 1.165) is 31.2 Å². The van der Waals surface area contributed by atoms with Gasteiger partial charge in [-0.15, -0.1) is 0 Å². The summed E-state index contributed by atoms with van der Waals surface area (Å²) in [6, 6.07) is 8.89. The monoisotopic (exact) mass is 612 g/mol. The van der Waals surface area contributed by atoms with Gasteiger partial charge in [-0.1, -0.05) is 57.5 Å². The number of likely N-dealkylation sites (tertiary alicyclic amines) is 1. The van der Waals surface area contributed by atoms with Gasteiger partial charge in [-0.2, -0.15) is 0 Å². The summed E-state index contributed by atoms with van der Waals surface area (Å²) in [6.45, 7) is 10.4. The molecule has 10 heteroatoms. The van der Waals surface area contributed by atoms with Crippen molar-refractivity contribution in [2.75, 3.05) is 26.2 Å². The Morgan fingerprint density at radius 3 is 2.48 bits per heavy atom. The van der Waals surface area contributed by atoms with Crippen molar-refractivity contribution in [2.45, 2.75) is 116 Å². The molecule has 3 aliphatic rings. The topological polar surface area (TPSA) is 117 Å². The predicted molar refractivity (Wildman–Crippen MR) is 168 cm³/mol. The molecule has 2 saturated heterocycles. The molecule has 1 saturated carbocycles. The van der Waals surface area contributed by atoms with Gasteiger partial charge in [0.2, 0.25) is 11.8 Å². The number of hydrogen-bond donors (Lipinski definition) is 2. The van der Waals surface area contributed by atoms with Crippen molar-refractivity contribution in [2.24, 2.45) is 11.8 Å². The quantitative estimate of drug-likeness (QED) is 0.324. The number of nitrogens with one attached hydrogen (secondary N) is 2. The third-order valence-electron chi connectivity index (χ3n) is 9.85. The van der Waals surface area contributed by atoms with Gasteiger partial charge >= 0.3 is 12.2 Å². The lowest BCUT2D eigenvalue weighted by molar-refractivity contribution is -0.161. The molecule has 244 valence electrons. The molecule has 4 amide bonds. The molecule has 3 atom stereocenters. The number of ether oxygens (including phenoxy) is 2. The largest absolute Gasteiger partial charge is 0.445 e. The van der Waals surface area contributed by atoms with Gasteiger partial charge in [-0.3, -0.25) is 9.59 Å². The average molecular weight is 613 g/mol. The summed E-state index contributed by atoms with van der Waals surface area (Å²) in [4.78, 5) is 56.1. The van der Waals surface area contributed by atoms with Crippen molar-refractivity contribution in [3.8, 4) is 0 Å². The first-order valence-electron chi connectivity index (χ1n) is 16.6. The van der Waals surface area contributed by atoms with Crippen LogP contribution in [0.1, 0.15) is 97.5 Å². The van der Waals surface area contributed by atoms with Gasteiger partial charge in [0, 0.05) is 32.1 Å². The van der Waals surface area contributed by atoms with Gasteiger partial charge in [0.1, 0.15) is 23.8 Å². The summed E-state index contributed by atoms with van der Waals surface area (Å²) >= 11 is 0. The second-order valence-electron chi connectivity index (χ2n) is 13.3. The molecule has 1 aliphatic carbocycles. The molecule has 3 unspecified atom stereocenters. The van der Waals surface area contributed by atoms with E-state index in [1.54, 1.807) is 9.80 Å². The third kappa shape index (κ3) is 7.85. The molecule has 0 radical (unpaired) electrons. The number of piperidine rings is 1. The van der Waals surface area contributed by atoms with E-state index in [1.807, 2.05) is 37.3 Å². The van der Waals surface area contributed by atoms with Gasteiger partial charge in [-0.05, 0) is 76.2 Å². The van der Waals surface area contributed by atoms with Crippen LogP contribution in [0.4, 0.5) is 9.59 Å². The van der Waals surface area contributed by atoms with Crippen LogP contribution in [0.25, 0.3) is 0 Å². The fourth-order valence-electron chi connectivity index (χ4n) is 7.37. The van der Waals surface area contributed by atoms with Crippen LogP contribution in [0, 0.1) is 11.8 Å². The molecule has 1 spiro atoms. The number of rotatable bonds is 11. The van der Waals surface area contributed by atoms with E-state index in [1.165, 1.54) is 6.42 Å². The van der Waals surface area contributed by atoms with Gasteiger partial charge < -0.3 is 29.9 Å². The highest BCUT2D eigenvalue weighted by atomic mass is 16.6. The fraction of sp³-hybridized carbons (Fsp3) is 0.706. The van der Waals surface area contributed by atoms with Gasteiger partial charge in [0.25, 0.3) is 0 Å². The molecular weight excluding hydrogens is 560 g/mol. The molecule has 2 N–H and O–H groups in total. The summed E-state index contributed by atoms with van der Waals surface area (Å²) in [5.74, 6) is 0.569. The summed E-state index contributed by atoms with van der Waals surface area (Å²) in [7, 11) is 0. The van der Waals surface area contributed by atoms with Crippen molar-refractivity contribution in [3.05, 3.63) is 35.9 Å². The van der Waals surface area contributed by atoms with Crippen LogP contribution in [0.15, 0.2) is 30.3 Å². The normalized spacial score (nSPS) is 25.1. The van der Waals surface area contributed by atoms with Gasteiger partial charge in [0.15, 0.2) is 0 Å². The molecule has 1 aromatic rings. The zero-order chi connectivity index (χ0) is 31.7. The van der Waals surface area contributed by atoms with Gasteiger partial charge in [-0.25, -0.2) is 9.59 Å². The first-order chi connectivity index (χ1) is 21.1. The second kappa shape index (κ2) is 15.1. The summed E-state index contributed by atoms with van der Waals surface area (Å²) < 4.78 is 11.4. The van der Waals surface area contributed by atoms with E-state index in [4.69, 9.17) is 9.47 Å². The van der Waals surface area contributed by atoms with Crippen molar-refractivity contribution in [3.63, 3.8) is 0 Å². The maximum atomic E-state index is 13.7. The number of hydrogen-bond acceptors (Lipinski definition) is 6. The van der Waals surface area contributed by atoms with Crippen LogP contribution in [0.5, 0.6) is 0 Å². The zero-order valence-electron chi connectivity index (χ0n) is 27.1. The van der Waals surface area contributed by atoms with E-state index < -0.39 is 23.3 Å². The molecule has 0 bridgehead atoms. The van der Waals surface area contributed by atoms with Gasteiger partial charge in [0.05, 0.1) is 0 Å². The van der Waals surface area contributed by atoms with Crippen molar-refractivity contribution >= 4 is 24.0 Å². The minimum Gasteiger partial charge on any atom is -0.445 e. The van der Waals surface area contributed by atoms with E-state index in [-0.39, 0.29) is 24.5 Å². The van der Waals surface area contributed by atoms with Crippen molar-refractivity contribution in [1.82, 2.24) is 20.4 Å². The average Bonchev–Trinajstić information content (AvgIpc) is 3.01. The van der Waals surface area contributed by atoms with Crippen LogP contribution in [-0.4, -0.2) is 77.2 Å². The fourth-order valence-corrected chi connectivity index (χ4v) is 7.37. The second-order valence-corrected chi connectivity index (χ2v) is 13.3. The molecule has 1 aromatic carbocycles. The van der Waals surface area contributed by atoms with Crippen LogP contribution in [0.3, 0.4) is 0 Å². The Labute approximate surface area is 262 Å². The van der Waals surface area contributed by atoms with E-state index in [0.29, 0.717) is 70.1 Å². The van der Waals surface area contributed by atoms with Crippen LogP contribution < -0.4 is 10.6 Å². The Morgan fingerprint density at radius 2 is 1.80 bits per heavy atom. The Balaban J connectivity index is 1.25. The smallest absolute Gasteiger partial charge is 0.410 e. The Morgan fingerprint density at radius 1 is 1.07 bits per heavy atom. The SMILES string of the molecule is CCCN1C(=O)C(CCCCNC(=O)OCc2ccccc2)NC(=O)C12CCN(C(=O)OC1(C)CCCCC1C(C)C)CC2. The maximum Gasteiger partial charge on any atom is 0.410 e. The summed E-state index contributed by atoms with van der Waals surface area (Å²) in [5, 5.41) is 5.76. The Hall–Kier alpha value is -3.30. The Bertz CT molecular complexity index is 1140. The number of nitrogens with zero attached hydrogens (tertiary/aromatic N) is 2. The van der Waals surface area contributed by atoms with Crippen LogP contribution >= 0.6 is 0 Å². The number of carbonyl (C=O) groups is 4. The molecule has 44 heavy (non-hydrogen) atoms. The predicted octanol–water partition coefficient (Wildman–Crippen LogP) is 5.40. The van der Waals surface area contributed by atoms with E-state index >= 15 is 0 Å². The first kappa shape index (κ1) is 33.6. The maximum absolute atomic E-state index is 13.7. The molecule has 10 nitrogen and oxygen atoms in total. The highest BCUT2D eigenvalue weighted by Crippen LogP contribution is 2.42. The standard InChI is InChI=1S/C34H52N4O6/c1-5-21-38-29(39)28(16-10-12-20-35-31(41)43-24-26-13-7-6-8-14-26)36-30(40)34(38)18-22-37(23-19-34)32(42)44-33(4)17-11-9-15-27(33)25(2)3/h6-8,13-14,25,27-28H,5,9-12,15-24H2,1-4H3,(H,35,41)(H,36,40). The third-order valence-corrected chi connectivity index (χ3v) is 9.85. The van der Waals surface area contributed by atoms with Crippen molar-refractivity contribution < 1.29 is 28.7 Å². The molecule has 3 fully saturated rings. The number of benzene rings is 1. The summed E-state index contributed by atoms with van der Waals surface area (Å²) in [6.07, 6.45) is 6.73. The first-order valence-corrected chi connectivity index (χ1v) is 16.6. The number of piperazine rings is 1. The van der Waals surface area contributed by atoms with Crippen LogP contribution in [-0.2, 0) is 25.7 Å². The lowest BCUT2D eigenvalue weighted by atomic mass is 9.71. The molecule has 4 rings (SSSR count). The molecular formula is C34H52N4O6. The van der Waals surface area contributed by atoms with E-state index in [2.05, 4.69) is 31.4 Å².